The van der Waals surface area contributed by atoms with Gasteiger partial charge in [-0.05, 0) is 47.7 Å². The normalized spacial score (nSPS) is 12.6. The summed E-state index contributed by atoms with van der Waals surface area (Å²) in [4.78, 5) is 27.6. The molecule has 1 heterocycles. The molecule has 0 spiro atoms. The smallest absolute Gasteiger partial charge is 0.325 e. The number of nitrogens with one attached hydrogen (secondary N) is 3. The van der Waals surface area contributed by atoms with Gasteiger partial charge in [0.05, 0.1) is 25.9 Å². The summed E-state index contributed by atoms with van der Waals surface area (Å²) in [5.74, 6) is -0.497. The number of carbonyl (C=O) groups is 2. The summed E-state index contributed by atoms with van der Waals surface area (Å²) in [7, 11) is 1.72. The number of aromatic amines is 1. The van der Waals surface area contributed by atoms with E-state index in [1.54, 1.807) is 14.0 Å². The van der Waals surface area contributed by atoms with Crippen molar-refractivity contribution < 1.29 is 19.1 Å². The molecular weight excluding hydrogens is 518 g/mol. The number of aryl methyl sites for hydroxylation is 1. The van der Waals surface area contributed by atoms with Crippen molar-refractivity contribution in [2.24, 2.45) is 7.05 Å². The SMILES string of the molecule is CCOC(=O)[C@H](COCc1ccccc1)N[C@@H](Cc1ccc(-c2cccc(Cl)c2)cc1)C(=O)Nc1nn(C)[nH]1. The number of hydrogen-bond acceptors (Lipinski definition) is 6. The number of H-pyrrole nitrogens is 1. The Balaban J connectivity index is 1.49. The van der Waals surface area contributed by atoms with E-state index in [0.717, 1.165) is 22.3 Å². The molecule has 39 heavy (non-hydrogen) atoms. The number of ether oxygens (including phenoxy) is 2. The molecule has 0 aliphatic heterocycles. The zero-order valence-electron chi connectivity index (χ0n) is 21.9. The molecule has 1 amide bonds. The maximum atomic E-state index is 13.3. The molecule has 0 fully saturated rings. The zero-order valence-corrected chi connectivity index (χ0v) is 22.6. The van der Waals surface area contributed by atoms with Crippen LogP contribution in [-0.2, 0) is 39.1 Å². The molecular formula is C29H32ClN5O4. The van der Waals surface area contributed by atoms with Crippen molar-refractivity contribution in [3.8, 4) is 11.1 Å². The molecule has 9 nitrogen and oxygen atoms in total. The molecule has 0 bridgehead atoms. The number of nitrogens with zero attached hydrogens (tertiary/aromatic N) is 2. The number of anilines is 1. The molecule has 0 aliphatic carbocycles. The number of benzene rings is 3. The summed E-state index contributed by atoms with van der Waals surface area (Å²) in [6, 6.07) is 23.5. The molecule has 0 radical (unpaired) electrons. The van der Waals surface area contributed by atoms with Gasteiger partial charge < -0.3 is 9.47 Å². The third kappa shape index (κ3) is 8.28. The van der Waals surface area contributed by atoms with Crippen LogP contribution in [0.4, 0.5) is 5.95 Å². The Bertz CT molecular complexity index is 1340. The number of rotatable bonds is 13. The fourth-order valence-corrected chi connectivity index (χ4v) is 4.26. The molecule has 0 saturated heterocycles. The molecule has 1 aromatic heterocycles. The Morgan fingerprint density at radius 2 is 1.72 bits per heavy atom. The number of carbonyl (C=O) groups excluding carboxylic acids is 2. The monoisotopic (exact) mass is 549 g/mol. The topological polar surface area (TPSA) is 110 Å². The lowest BCUT2D eigenvalue weighted by Crippen LogP contribution is -2.52. The fraction of sp³-hybridized carbons (Fsp3) is 0.276. The van der Waals surface area contributed by atoms with E-state index in [9.17, 15) is 9.59 Å². The van der Waals surface area contributed by atoms with Gasteiger partial charge in [-0.3, -0.25) is 20.2 Å². The highest BCUT2D eigenvalue weighted by atomic mass is 35.5. The number of esters is 1. The van der Waals surface area contributed by atoms with Crippen molar-refractivity contribution in [1.82, 2.24) is 20.3 Å². The average Bonchev–Trinajstić information content (AvgIpc) is 2.92. The first-order valence-electron chi connectivity index (χ1n) is 12.7. The first kappa shape index (κ1) is 28.1. The van der Waals surface area contributed by atoms with Crippen LogP contribution in [0.1, 0.15) is 18.1 Å². The molecule has 3 N–H and O–H groups in total. The Labute approximate surface area is 232 Å². The van der Waals surface area contributed by atoms with Crippen molar-refractivity contribution in [3.63, 3.8) is 0 Å². The van der Waals surface area contributed by atoms with Crippen LogP contribution in [-0.4, -0.2) is 52.2 Å². The third-order valence-corrected chi connectivity index (χ3v) is 6.23. The second kappa shape index (κ2) is 13.7. The summed E-state index contributed by atoms with van der Waals surface area (Å²) in [5.41, 5.74) is 3.89. The Morgan fingerprint density at radius 1 is 0.974 bits per heavy atom. The minimum absolute atomic E-state index is 0.0349. The van der Waals surface area contributed by atoms with Gasteiger partial charge in [-0.15, -0.1) is 5.10 Å². The van der Waals surface area contributed by atoms with Crippen LogP contribution in [0.2, 0.25) is 5.02 Å². The quantitative estimate of drug-likeness (QED) is 0.214. The lowest BCUT2D eigenvalue weighted by molar-refractivity contribution is -0.147. The van der Waals surface area contributed by atoms with E-state index >= 15 is 0 Å². The summed E-state index contributed by atoms with van der Waals surface area (Å²) in [6.07, 6.45) is 0.319. The molecule has 4 aromatic rings. The van der Waals surface area contributed by atoms with Crippen LogP contribution in [0.5, 0.6) is 0 Å². The maximum Gasteiger partial charge on any atom is 0.325 e. The van der Waals surface area contributed by atoms with Gasteiger partial charge in [0.1, 0.15) is 6.04 Å². The largest absolute Gasteiger partial charge is 0.465 e. The van der Waals surface area contributed by atoms with Crippen molar-refractivity contribution in [2.75, 3.05) is 18.5 Å². The van der Waals surface area contributed by atoms with E-state index in [-0.39, 0.29) is 19.1 Å². The molecule has 204 valence electrons. The molecule has 10 heteroatoms. The van der Waals surface area contributed by atoms with Crippen LogP contribution in [0.3, 0.4) is 0 Å². The lowest BCUT2D eigenvalue weighted by atomic mass is 10.00. The lowest BCUT2D eigenvalue weighted by Gasteiger charge is -2.24. The van der Waals surface area contributed by atoms with Crippen LogP contribution < -0.4 is 10.6 Å². The maximum absolute atomic E-state index is 13.3. The van der Waals surface area contributed by atoms with E-state index in [1.165, 1.54) is 4.80 Å². The highest BCUT2D eigenvalue weighted by Crippen LogP contribution is 2.23. The van der Waals surface area contributed by atoms with Gasteiger partial charge in [0, 0.05) is 12.1 Å². The van der Waals surface area contributed by atoms with Gasteiger partial charge >= 0.3 is 5.97 Å². The van der Waals surface area contributed by atoms with E-state index in [2.05, 4.69) is 20.8 Å². The number of amides is 1. The Hall–Kier alpha value is -3.92. The molecule has 0 unspecified atom stereocenters. The van der Waals surface area contributed by atoms with Crippen LogP contribution in [0.25, 0.3) is 11.1 Å². The third-order valence-electron chi connectivity index (χ3n) is 6.00. The van der Waals surface area contributed by atoms with Crippen LogP contribution in [0.15, 0.2) is 78.9 Å². The van der Waals surface area contributed by atoms with Gasteiger partial charge in [-0.2, -0.15) is 0 Å². The van der Waals surface area contributed by atoms with Crippen molar-refractivity contribution in [3.05, 3.63) is 95.0 Å². The highest BCUT2D eigenvalue weighted by molar-refractivity contribution is 6.30. The fourth-order valence-electron chi connectivity index (χ4n) is 4.07. The van der Waals surface area contributed by atoms with E-state index < -0.39 is 18.1 Å². The van der Waals surface area contributed by atoms with Crippen LogP contribution >= 0.6 is 11.6 Å². The first-order valence-corrected chi connectivity index (χ1v) is 13.1. The van der Waals surface area contributed by atoms with Crippen LogP contribution in [0, 0.1) is 0 Å². The van der Waals surface area contributed by atoms with Crippen molar-refractivity contribution >= 4 is 29.4 Å². The average molecular weight is 550 g/mol. The van der Waals surface area contributed by atoms with Crippen molar-refractivity contribution in [2.45, 2.75) is 32.0 Å². The molecule has 4 rings (SSSR count). The Morgan fingerprint density at radius 3 is 2.38 bits per heavy atom. The van der Waals surface area contributed by atoms with E-state index in [1.807, 2.05) is 78.9 Å². The predicted octanol–water partition coefficient (Wildman–Crippen LogP) is 4.36. The predicted molar refractivity (Wildman–Crippen MR) is 150 cm³/mol. The number of halogens is 1. The second-order valence-corrected chi connectivity index (χ2v) is 9.45. The summed E-state index contributed by atoms with van der Waals surface area (Å²) < 4.78 is 11.1. The highest BCUT2D eigenvalue weighted by Gasteiger charge is 2.29. The first-order chi connectivity index (χ1) is 18.9. The van der Waals surface area contributed by atoms with Gasteiger partial charge in [0.15, 0.2) is 0 Å². The van der Waals surface area contributed by atoms with Gasteiger partial charge in [-0.1, -0.05) is 78.3 Å². The minimum Gasteiger partial charge on any atom is -0.465 e. The second-order valence-electron chi connectivity index (χ2n) is 9.01. The van der Waals surface area contributed by atoms with E-state index in [0.29, 0.717) is 24.0 Å². The number of hydrogen-bond donors (Lipinski definition) is 3. The van der Waals surface area contributed by atoms with Gasteiger partial charge in [-0.25, -0.2) is 9.90 Å². The standard InChI is InChI=1S/C29H32ClN5O4/c1-3-39-28(37)26(19-38-18-21-8-5-4-6-9-21)31-25(27(36)32-29-33-35(2)34-29)16-20-12-14-22(15-13-20)23-10-7-11-24(30)17-23/h4-15,17,25-26,31H,3,16,18-19H2,1-2H3,(H2,32,33,34,36)/t25-,26-/m0/s1. The molecule has 0 saturated carbocycles. The van der Waals surface area contributed by atoms with E-state index in [4.69, 9.17) is 21.1 Å². The molecule has 3 aromatic carbocycles. The summed E-state index contributed by atoms with van der Waals surface area (Å²) in [6.45, 7) is 2.31. The minimum atomic E-state index is -0.853. The zero-order chi connectivity index (χ0) is 27.6. The summed E-state index contributed by atoms with van der Waals surface area (Å²) >= 11 is 6.15. The van der Waals surface area contributed by atoms with Gasteiger partial charge in [0.25, 0.3) is 0 Å². The Kier molecular flexibility index (Phi) is 9.91. The summed E-state index contributed by atoms with van der Waals surface area (Å²) in [5, 5.41) is 13.5. The van der Waals surface area contributed by atoms with Gasteiger partial charge in [0.2, 0.25) is 11.9 Å². The molecule has 2 atom stereocenters. The van der Waals surface area contributed by atoms with Crippen molar-refractivity contribution in [1.29, 1.82) is 0 Å². The molecule has 0 aliphatic rings. The number of aromatic nitrogens is 3.